The summed E-state index contributed by atoms with van der Waals surface area (Å²) in [5.41, 5.74) is 2.39. The van der Waals surface area contributed by atoms with E-state index in [4.69, 9.17) is 5.11 Å². The van der Waals surface area contributed by atoms with Crippen LogP contribution in [0, 0.1) is 5.92 Å². The van der Waals surface area contributed by atoms with Crippen LogP contribution >= 0.6 is 0 Å². The lowest BCUT2D eigenvalue weighted by molar-refractivity contribution is -0.136. The number of aryl methyl sites for hydroxylation is 1. The third-order valence-corrected chi connectivity index (χ3v) is 4.19. The minimum Gasteiger partial charge on any atom is -0.481 e. The van der Waals surface area contributed by atoms with Crippen LogP contribution in [0.5, 0.6) is 0 Å². The van der Waals surface area contributed by atoms with E-state index in [0.717, 1.165) is 18.0 Å². The average Bonchev–Trinajstić information content (AvgIpc) is 2.75. The van der Waals surface area contributed by atoms with Crippen LogP contribution < -0.4 is 0 Å². The fourth-order valence-corrected chi connectivity index (χ4v) is 2.86. The van der Waals surface area contributed by atoms with Gasteiger partial charge < -0.3 is 9.67 Å². The number of fused-ring (bicyclic) bond motifs is 1. The summed E-state index contributed by atoms with van der Waals surface area (Å²) < 4.78 is 2.32. The van der Waals surface area contributed by atoms with Crippen LogP contribution in [0.15, 0.2) is 30.5 Å². The summed E-state index contributed by atoms with van der Waals surface area (Å²) in [4.78, 5) is 10.7. The third-order valence-electron chi connectivity index (χ3n) is 4.19. The maximum atomic E-state index is 10.7. The predicted octanol–water partition coefficient (Wildman–Crippen LogP) is 3.46. The maximum Gasteiger partial charge on any atom is 0.303 e. The van der Waals surface area contributed by atoms with Gasteiger partial charge in [-0.25, -0.2) is 0 Å². The number of aromatic nitrogens is 1. The molecule has 1 aliphatic rings. The number of carboxylic acids is 1. The van der Waals surface area contributed by atoms with Crippen LogP contribution in [-0.4, -0.2) is 15.6 Å². The molecule has 0 spiro atoms. The van der Waals surface area contributed by atoms with Crippen molar-refractivity contribution in [2.75, 3.05) is 0 Å². The van der Waals surface area contributed by atoms with Gasteiger partial charge in [-0.3, -0.25) is 4.79 Å². The van der Waals surface area contributed by atoms with E-state index in [9.17, 15) is 4.79 Å². The topological polar surface area (TPSA) is 42.2 Å². The van der Waals surface area contributed by atoms with Crippen molar-refractivity contribution in [3.05, 3.63) is 36.0 Å². The molecule has 1 aromatic heterocycles. The molecule has 0 amide bonds. The first-order valence-corrected chi connectivity index (χ1v) is 7.02. The van der Waals surface area contributed by atoms with Gasteiger partial charge in [0.25, 0.3) is 0 Å². The molecule has 3 nitrogen and oxygen atoms in total. The molecule has 1 aliphatic carbocycles. The van der Waals surface area contributed by atoms with Gasteiger partial charge in [-0.15, -0.1) is 0 Å². The zero-order valence-electron chi connectivity index (χ0n) is 11.0. The van der Waals surface area contributed by atoms with Gasteiger partial charge in [-0.1, -0.05) is 18.6 Å². The number of nitrogens with zero attached hydrogens (tertiary/aromatic N) is 1. The van der Waals surface area contributed by atoms with E-state index in [1.54, 1.807) is 0 Å². The van der Waals surface area contributed by atoms with Crippen molar-refractivity contribution in [1.29, 1.82) is 0 Å². The van der Waals surface area contributed by atoms with Crippen molar-refractivity contribution in [3.8, 4) is 0 Å². The summed E-state index contributed by atoms with van der Waals surface area (Å²) in [5, 5.41) is 10.0. The predicted molar refractivity (Wildman–Crippen MR) is 75.2 cm³/mol. The highest BCUT2D eigenvalue weighted by Crippen LogP contribution is 2.30. The van der Waals surface area contributed by atoms with Gasteiger partial charge in [0.05, 0.1) is 0 Å². The second-order valence-electron chi connectivity index (χ2n) is 5.51. The summed E-state index contributed by atoms with van der Waals surface area (Å²) in [6.07, 6.45) is 7.02. The molecule has 1 heterocycles. The Balaban J connectivity index is 1.86. The summed E-state index contributed by atoms with van der Waals surface area (Å²) >= 11 is 0. The fourth-order valence-electron chi connectivity index (χ4n) is 2.86. The molecule has 1 fully saturated rings. The van der Waals surface area contributed by atoms with Crippen molar-refractivity contribution < 1.29 is 9.90 Å². The molecule has 100 valence electrons. The third kappa shape index (κ3) is 2.50. The standard InChI is InChI=1S/C16H19NO2/c18-16(19)8-7-13-5-2-6-15-14(13)9-10-17(15)11-12-3-1-4-12/h2,5-6,9-10,12H,1,3-4,7-8,11H2,(H,18,19). The maximum absolute atomic E-state index is 10.7. The van der Waals surface area contributed by atoms with E-state index < -0.39 is 5.97 Å². The highest BCUT2D eigenvalue weighted by molar-refractivity contribution is 5.84. The molecule has 0 aliphatic heterocycles. The van der Waals surface area contributed by atoms with Crippen LogP contribution in [0.2, 0.25) is 0 Å². The lowest BCUT2D eigenvalue weighted by Crippen LogP contribution is -2.17. The van der Waals surface area contributed by atoms with Gasteiger partial charge >= 0.3 is 5.97 Å². The minimum absolute atomic E-state index is 0.201. The van der Waals surface area contributed by atoms with Crippen LogP contribution in [0.4, 0.5) is 0 Å². The van der Waals surface area contributed by atoms with Crippen LogP contribution in [0.1, 0.15) is 31.2 Å². The van der Waals surface area contributed by atoms with Crippen LogP contribution in [0.25, 0.3) is 10.9 Å². The molecule has 0 unspecified atom stereocenters. The minimum atomic E-state index is -0.731. The molecule has 0 saturated heterocycles. The Morgan fingerprint density at radius 1 is 1.32 bits per heavy atom. The number of aliphatic carboxylic acids is 1. The van der Waals surface area contributed by atoms with Gasteiger partial charge in [0.1, 0.15) is 0 Å². The zero-order chi connectivity index (χ0) is 13.2. The Hall–Kier alpha value is -1.77. The molecule has 3 rings (SSSR count). The number of hydrogen-bond acceptors (Lipinski definition) is 1. The number of carbonyl (C=O) groups is 1. The molecule has 0 bridgehead atoms. The van der Waals surface area contributed by atoms with E-state index in [1.165, 1.54) is 30.2 Å². The molecule has 3 heteroatoms. The van der Waals surface area contributed by atoms with Gasteiger partial charge in [-0.2, -0.15) is 0 Å². The summed E-state index contributed by atoms with van der Waals surface area (Å²) in [6, 6.07) is 8.35. The van der Waals surface area contributed by atoms with E-state index in [1.807, 2.05) is 12.1 Å². The first kappa shape index (κ1) is 12.3. The normalized spacial score (nSPS) is 15.6. The zero-order valence-corrected chi connectivity index (χ0v) is 11.0. The van der Waals surface area contributed by atoms with E-state index >= 15 is 0 Å². The number of hydrogen-bond donors (Lipinski definition) is 1. The molecule has 1 saturated carbocycles. The molecule has 1 N–H and O–H groups in total. The number of benzene rings is 1. The van der Waals surface area contributed by atoms with Gasteiger partial charge in [0, 0.05) is 30.1 Å². The van der Waals surface area contributed by atoms with Crippen molar-refractivity contribution in [3.63, 3.8) is 0 Å². The van der Waals surface area contributed by atoms with Crippen molar-refractivity contribution in [1.82, 2.24) is 4.57 Å². The molecular weight excluding hydrogens is 238 g/mol. The average molecular weight is 257 g/mol. The molecule has 19 heavy (non-hydrogen) atoms. The Labute approximate surface area is 112 Å². The second kappa shape index (κ2) is 5.08. The first-order valence-electron chi connectivity index (χ1n) is 7.02. The molecule has 1 aromatic carbocycles. The number of rotatable bonds is 5. The Bertz CT molecular complexity index is 596. The summed E-state index contributed by atoms with van der Waals surface area (Å²) in [5.74, 6) is 0.101. The van der Waals surface area contributed by atoms with E-state index in [2.05, 4.69) is 22.9 Å². The van der Waals surface area contributed by atoms with Crippen LogP contribution in [-0.2, 0) is 17.8 Å². The van der Waals surface area contributed by atoms with Gasteiger partial charge in [0.2, 0.25) is 0 Å². The summed E-state index contributed by atoms with van der Waals surface area (Å²) in [7, 11) is 0. The monoisotopic (exact) mass is 257 g/mol. The smallest absolute Gasteiger partial charge is 0.303 e. The Morgan fingerprint density at radius 2 is 2.16 bits per heavy atom. The van der Waals surface area contributed by atoms with Crippen LogP contribution in [0.3, 0.4) is 0 Å². The SMILES string of the molecule is O=C(O)CCc1cccc2c1ccn2CC1CCC1. The second-order valence-corrected chi connectivity index (χ2v) is 5.51. The summed E-state index contributed by atoms with van der Waals surface area (Å²) in [6.45, 7) is 1.10. The molecular formula is C16H19NO2. The van der Waals surface area contributed by atoms with E-state index in [0.29, 0.717) is 6.42 Å². The lowest BCUT2D eigenvalue weighted by atomic mass is 9.85. The number of carboxylic acid groups (broad SMARTS) is 1. The van der Waals surface area contributed by atoms with Gasteiger partial charge in [0.15, 0.2) is 0 Å². The Kier molecular flexibility index (Phi) is 3.28. The molecule has 0 atom stereocenters. The van der Waals surface area contributed by atoms with E-state index in [-0.39, 0.29) is 6.42 Å². The highest BCUT2D eigenvalue weighted by atomic mass is 16.4. The fraction of sp³-hybridized carbons (Fsp3) is 0.438. The van der Waals surface area contributed by atoms with Gasteiger partial charge in [-0.05, 0) is 42.9 Å². The highest BCUT2D eigenvalue weighted by Gasteiger charge is 2.18. The van der Waals surface area contributed by atoms with Crippen molar-refractivity contribution >= 4 is 16.9 Å². The van der Waals surface area contributed by atoms with Crippen molar-refractivity contribution in [2.45, 2.75) is 38.6 Å². The Morgan fingerprint density at radius 3 is 2.84 bits per heavy atom. The van der Waals surface area contributed by atoms with Crippen molar-refractivity contribution in [2.24, 2.45) is 5.92 Å². The molecule has 0 radical (unpaired) electrons. The molecule has 2 aromatic rings. The quantitative estimate of drug-likeness (QED) is 0.891. The largest absolute Gasteiger partial charge is 0.481 e. The lowest BCUT2D eigenvalue weighted by Gasteiger charge is -2.26. The first-order chi connectivity index (χ1) is 9.24.